The van der Waals surface area contributed by atoms with Gasteiger partial charge in [0.15, 0.2) is 0 Å². The average Bonchev–Trinajstić information content (AvgIpc) is 2.61. The number of H-pyrrole nitrogens is 1. The molecular weight excluding hydrogens is 329 g/mol. The quantitative estimate of drug-likeness (QED) is 0.739. The van der Waals surface area contributed by atoms with Crippen molar-refractivity contribution in [3.63, 3.8) is 0 Å². The molecule has 0 spiro atoms. The van der Waals surface area contributed by atoms with Gasteiger partial charge in [-0.3, -0.25) is 4.79 Å². The van der Waals surface area contributed by atoms with Crippen LogP contribution in [-0.2, 0) is 0 Å². The van der Waals surface area contributed by atoms with Gasteiger partial charge in [-0.1, -0.05) is 12.1 Å². The highest BCUT2D eigenvalue weighted by atomic mass is 19.1. The van der Waals surface area contributed by atoms with Crippen molar-refractivity contribution in [1.82, 2.24) is 15.0 Å². The number of pyridine rings is 1. The van der Waals surface area contributed by atoms with Gasteiger partial charge >= 0.3 is 0 Å². The first-order valence-corrected chi connectivity index (χ1v) is 9.14. The van der Waals surface area contributed by atoms with Gasteiger partial charge < -0.3 is 4.98 Å². The number of rotatable bonds is 2. The molecule has 2 aromatic heterocycles. The number of nitrogens with zero attached hydrogens (tertiary/aromatic N) is 2. The predicted molar refractivity (Wildman–Crippen MR) is 100.0 cm³/mol. The largest absolute Gasteiger partial charge is 0.306 e. The van der Waals surface area contributed by atoms with Crippen molar-refractivity contribution >= 4 is 11.0 Å². The molecule has 0 unspecified atom stereocenters. The highest BCUT2D eigenvalue weighted by Gasteiger charge is 2.27. The van der Waals surface area contributed by atoms with Crippen LogP contribution in [0.1, 0.15) is 60.0 Å². The third kappa shape index (κ3) is 3.02. The first-order chi connectivity index (χ1) is 12.5. The van der Waals surface area contributed by atoms with Gasteiger partial charge in [0.05, 0.1) is 0 Å². The number of halogens is 1. The SMILES string of the molecule is Cc1ncc2cc(C3CCC(c4c(C)cccc4F)CC3)c(=O)[nH]c2n1. The van der Waals surface area contributed by atoms with Crippen LogP contribution in [0.2, 0.25) is 0 Å². The topological polar surface area (TPSA) is 58.6 Å². The zero-order valence-electron chi connectivity index (χ0n) is 15.1. The Bertz CT molecular complexity index is 999. The van der Waals surface area contributed by atoms with E-state index in [4.69, 9.17) is 0 Å². The van der Waals surface area contributed by atoms with Crippen molar-refractivity contribution in [2.75, 3.05) is 0 Å². The van der Waals surface area contributed by atoms with Gasteiger partial charge in [-0.2, -0.15) is 0 Å². The fourth-order valence-electron chi connectivity index (χ4n) is 4.26. The molecule has 0 aliphatic heterocycles. The summed E-state index contributed by atoms with van der Waals surface area (Å²) >= 11 is 0. The summed E-state index contributed by atoms with van der Waals surface area (Å²) in [6.07, 6.45) is 5.33. The van der Waals surface area contributed by atoms with E-state index in [2.05, 4.69) is 15.0 Å². The highest BCUT2D eigenvalue weighted by Crippen LogP contribution is 2.41. The number of hydrogen-bond acceptors (Lipinski definition) is 3. The smallest absolute Gasteiger partial charge is 0.253 e. The molecule has 0 amide bonds. The van der Waals surface area contributed by atoms with Crippen molar-refractivity contribution in [3.05, 3.63) is 69.1 Å². The Kier molecular flexibility index (Phi) is 4.31. The van der Waals surface area contributed by atoms with E-state index in [0.717, 1.165) is 47.8 Å². The van der Waals surface area contributed by atoms with E-state index in [9.17, 15) is 9.18 Å². The zero-order chi connectivity index (χ0) is 18.3. The maximum atomic E-state index is 14.3. The molecule has 1 aliphatic rings. The Morgan fingerprint density at radius 2 is 1.85 bits per heavy atom. The summed E-state index contributed by atoms with van der Waals surface area (Å²) in [6, 6.07) is 7.20. The molecule has 1 fully saturated rings. The summed E-state index contributed by atoms with van der Waals surface area (Å²) in [5.74, 6) is 0.969. The molecule has 0 radical (unpaired) electrons. The van der Waals surface area contributed by atoms with Crippen LogP contribution in [0.15, 0.2) is 35.3 Å². The second kappa shape index (κ2) is 6.63. The summed E-state index contributed by atoms with van der Waals surface area (Å²) in [4.78, 5) is 23.9. The van der Waals surface area contributed by atoms with Gasteiger partial charge in [-0.05, 0) is 74.6 Å². The van der Waals surface area contributed by atoms with E-state index in [1.54, 1.807) is 25.3 Å². The maximum Gasteiger partial charge on any atom is 0.253 e. The summed E-state index contributed by atoms with van der Waals surface area (Å²) < 4.78 is 14.3. The van der Waals surface area contributed by atoms with Crippen LogP contribution in [0.25, 0.3) is 11.0 Å². The fraction of sp³-hybridized carbons (Fsp3) is 0.381. The molecule has 26 heavy (non-hydrogen) atoms. The lowest BCUT2D eigenvalue weighted by molar-refractivity contribution is 0.385. The van der Waals surface area contributed by atoms with Crippen LogP contribution in [0, 0.1) is 19.7 Å². The van der Waals surface area contributed by atoms with E-state index >= 15 is 0 Å². The standard InChI is InChI=1S/C21H22FN3O/c1-12-4-3-5-18(22)19(12)15-8-6-14(7-9-15)17-10-16-11-23-13(2)24-20(16)25-21(17)26/h3-5,10-11,14-15H,6-9H2,1-2H3,(H,23,24,25,26). The molecule has 4 rings (SSSR count). The Morgan fingerprint density at radius 3 is 2.58 bits per heavy atom. The monoisotopic (exact) mass is 351 g/mol. The van der Waals surface area contributed by atoms with E-state index < -0.39 is 0 Å². The van der Waals surface area contributed by atoms with Crippen molar-refractivity contribution in [2.45, 2.75) is 51.4 Å². The van der Waals surface area contributed by atoms with Crippen LogP contribution < -0.4 is 5.56 Å². The van der Waals surface area contributed by atoms with Gasteiger partial charge in [-0.15, -0.1) is 0 Å². The van der Waals surface area contributed by atoms with Crippen molar-refractivity contribution in [2.24, 2.45) is 0 Å². The van der Waals surface area contributed by atoms with Crippen LogP contribution in [0.3, 0.4) is 0 Å². The van der Waals surface area contributed by atoms with Gasteiger partial charge in [0, 0.05) is 17.1 Å². The number of aromatic nitrogens is 3. The predicted octanol–water partition coefficient (Wildman–Crippen LogP) is 4.52. The molecule has 1 saturated carbocycles. The number of fused-ring (bicyclic) bond motifs is 1. The molecular formula is C21H22FN3O. The molecule has 134 valence electrons. The number of benzene rings is 1. The molecule has 1 aromatic carbocycles. The summed E-state index contributed by atoms with van der Waals surface area (Å²) in [6.45, 7) is 3.78. The average molecular weight is 351 g/mol. The lowest BCUT2D eigenvalue weighted by atomic mass is 9.75. The molecule has 0 atom stereocenters. The molecule has 0 saturated heterocycles. The minimum absolute atomic E-state index is 0.0684. The number of aryl methyl sites for hydroxylation is 2. The number of nitrogens with one attached hydrogen (secondary N) is 1. The minimum Gasteiger partial charge on any atom is -0.306 e. The second-order valence-electron chi connectivity index (χ2n) is 7.29. The van der Waals surface area contributed by atoms with Gasteiger partial charge in [0.25, 0.3) is 5.56 Å². The lowest BCUT2D eigenvalue weighted by Gasteiger charge is -2.29. The Hall–Kier alpha value is -2.56. The molecule has 2 heterocycles. The van der Waals surface area contributed by atoms with E-state index in [0.29, 0.717) is 11.5 Å². The van der Waals surface area contributed by atoms with Gasteiger partial charge in [-0.25, -0.2) is 14.4 Å². The van der Waals surface area contributed by atoms with Gasteiger partial charge in [0.1, 0.15) is 17.3 Å². The van der Waals surface area contributed by atoms with Crippen LogP contribution in [0.5, 0.6) is 0 Å². The maximum absolute atomic E-state index is 14.3. The number of aromatic amines is 1. The van der Waals surface area contributed by atoms with E-state index in [-0.39, 0.29) is 23.2 Å². The van der Waals surface area contributed by atoms with E-state index in [1.807, 2.05) is 19.1 Å². The van der Waals surface area contributed by atoms with Crippen molar-refractivity contribution in [3.8, 4) is 0 Å². The number of hydrogen-bond donors (Lipinski definition) is 1. The molecule has 5 heteroatoms. The minimum atomic E-state index is -0.107. The van der Waals surface area contributed by atoms with Crippen molar-refractivity contribution in [1.29, 1.82) is 0 Å². The van der Waals surface area contributed by atoms with Crippen LogP contribution >= 0.6 is 0 Å². The Balaban J connectivity index is 1.58. The third-order valence-corrected chi connectivity index (χ3v) is 5.59. The fourth-order valence-corrected chi connectivity index (χ4v) is 4.26. The molecule has 0 bridgehead atoms. The first-order valence-electron chi connectivity index (χ1n) is 9.14. The summed E-state index contributed by atoms with van der Waals surface area (Å²) in [5.41, 5.74) is 3.18. The summed E-state index contributed by atoms with van der Waals surface area (Å²) in [5, 5.41) is 0.859. The van der Waals surface area contributed by atoms with Crippen molar-refractivity contribution < 1.29 is 4.39 Å². The normalized spacial score (nSPS) is 20.4. The van der Waals surface area contributed by atoms with Gasteiger partial charge in [0.2, 0.25) is 0 Å². The van der Waals surface area contributed by atoms with Crippen LogP contribution in [-0.4, -0.2) is 15.0 Å². The summed E-state index contributed by atoms with van der Waals surface area (Å²) in [7, 11) is 0. The third-order valence-electron chi connectivity index (χ3n) is 5.59. The molecule has 1 N–H and O–H groups in total. The molecule has 4 nitrogen and oxygen atoms in total. The lowest BCUT2D eigenvalue weighted by Crippen LogP contribution is -2.21. The molecule has 3 aromatic rings. The zero-order valence-corrected chi connectivity index (χ0v) is 15.1. The van der Waals surface area contributed by atoms with E-state index in [1.165, 1.54) is 0 Å². The Morgan fingerprint density at radius 1 is 1.12 bits per heavy atom. The Labute approximate surface area is 151 Å². The van der Waals surface area contributed by atoms with Crippen LogP contribution in [0.4, 0.5) is 4.39 Å². The first kappa shape index (κ1) is 16.9. The molecule has 1 aliphatic carbocycles. The highest BCUT2D eigenvalue weighted by molar-refractivity contribution is 5.74. The second-order valence-corrected chi connectivity index (χ2v) is 7.29.